The zero-order valence-corrected chi connectivity index (χ0v) is 18.3. The fourth-order valence-corrected chi connectivity index (χ4v) is 4.42. The van der Waals surface area contributed by atoms with E-state index in [9.17, 15) is 0 Å². The van der Waals surface area contributed by atoms with Crippen LogP contribution in [0.25, 0.3) is 0 Å². The Balaban J connectivity index is 1.41. The Kier molecular flexibility index (Phi) is 6.77. The molecule has 3 aromatic carbocycles. The van der Waals surface area contributed by atoms with E-state index in [4.69, 9.17) is 12.2 Å². The van der Waals surface area contributed by atoms with E-state index in [-0.39, 0.29) is 6.04 Å². The second kappa shape index (κ2) is 9.88. The summed E-state index contributed by atoms with van der Waals surface area (Å²) in [5.41, 5.74) is 3.82. The molecule has 0 aromatic heterocycles. The van der Waals surface area contributed by atoms with Gasteiger partial charge in [0, 0.05) is 32.2 Å². The van der Waals surface area contributed by atoms with Gasteiger partial charge in [0.05, 0.1) is 6.04 Å². The lowest BCUT2D eigenvalue weighted by Gasteiger charge is -2.40. The van der Waals surface area contributed by atoms with Gasteiger partial charge < -0.3 is 10.2 Å². The van der Waals surface area contributed by atoms with Crippen LogP contribution in [0.5, 0.6) is 0 Å². The van der Waals surface area contributed by atoms with E-state index in [2.05, 4.69) is 113 Å². The zero-order chi connectivity index (χ0) is 20.8. The van der Waals surface area contributed by atoms with E-state index in [0.29, 0.717) is 6.04 Å². The Morgan fingerprint density at radius 1 is 0.700 bits per heavy atom. The summed E-state index contributed by atoms with van der Waals surface area (Å²) in [5.74, 6) is 0. The van der Waals surface area contributed by atoms with Crippen LogP contribution in [0, 0.1) is 0 Å². The van der Waals surface area contributed by atoms with Crippen LogP contribution in [0.3, 0.4) is 0 Å². The van der Waals surface area contributed by atoms with Crippen LogP contribution >= 0.6 is 12.2 Å². The molecule has 1 N–H and O–H groups in total. The Bertz CT molecular complexity index is 883. The maximum atomic E-state index is 5.84. The first-order chi connectivity index (χ1) is 14.7. The van der Waals surface area contributed by atoms with Gasteiger partial charge in [-0.3, -0.25) is 4.90 Å². The Labute approximate surface area is 185 Å². The number of nitrogens with zero attached hydrogens (tertiary/aromatic N) is 2. The van der Waals surface area contributed by atoms with Gasteiger partial charge in [-0.15, -0.1) is 0 Å². The summed E-state index contributed by atoms with van der Waals surface area (Å²) >= 11 is 5.84. The van der Waals surface area contributed by atoms with E-state index in [0.717, 1.165) is 31.3 Å². The summed E-state index contributed by atoms with van der Waals surface area (Å²) in [4.78, 5) is 4.85. The number of nitrogens with one attached hydrogen (secondary N) is 1. The zero-order valence-electron chi connectivity index (χ0n) is 17.4. The minimum atomic E-state index is 0.0566. The van der Waals surface area contributed by atoms with Gasteiger partial charge in [-0.25, -0.2) is 0 Å². The van der Waals surface area contributed by atoms with Crippen LogP contribution in [-0.4, -0.2) is 41.1 Å². The number of hydrogen-bond acceptors (Lipinski definition) is 2. The van der Waals surface area contributed by atoms with Crippen LogP contribution in [0.2, 0.25) is 0 Å². The van der Waals surface area contributed by atoms with Crippen molar-refractivity contribution in [3.8, 4) is 0 Å². The highest BCUT2D eigenvalue weighted by Gasteiger charge is 2.25. The standard InChI is InChI=1S/C26H29N3S/c1-21(22-11-5-2-6-12-22)28-17-19-29(20-18-28)26(30)27-25(23-13-7-3-8-14-23)24-15-9-4-10-16-24/h2-16,21,25H,17-20H2,1H3,(H,27,30). The molecular weight excluding hydrogens is 386 g/mol. The summed E-state index contributed by atoms with van der Waals surface area (Å²) in [5, 5.41) is 4.47. The molecule has 1 fully saturated rings. The van der Waals surface area contributed by atoms with Crippen molar-refractivity contribution in [3.05, 3.63) is 108 Å². The SMILES string of the molecule is CC(c1ccccc1)N1CCN(C(=S)NC(c2ccccc2)c2ccccc2)CC1. The van der Waals surface area contributed by atoms with Crippen molar-refractivity contribution >= 4 is 17.3 Å². The summed E-state index contributed by atoms with van der Waals surface area (Å²) < 4.78 is 0. The molecule has 4 heteroatoms. The average molecular weight is 416 g/mol. The molecule has 4 rings (SSSR count). The summed E-state index contributed by atoms with van der Waals surface area (Å²) in [6, 6.07) is 32.3. The van der Waals surface area contributed by atoms with Gasteiger partial charge in [-0.1, -0.05) is 91.0 Å². The van der Waals surface area contributed by atoms with Crippen molar-refractivity contribution in [3.63, 3.8) is 0 Å². The van der Waals surface area contributed by atoms with Crippen LogP contribution in [0.1, 0.15) is 35.7 Å². The van der Waals surface area contributed by atoms with Crippen molar-refractivity contribution in [1.29, 1.82) is 0 Å². The van der Waals surface area contributed by atoms with E-state index in [1.165, 1.54) is 16.7 Å². The molecule has 30 heavy (non-hydrogen) atoms. The van der Waals surface area contributed by atoms with Gasteiger partial charge in [-0.05, 0) is 35.8 Å². The Hall–Kier alpha value is -2.69. The molecule has 0 radical (unpaired) electrons. The molecule has 1 aliphatic rings. The second-order valence-corrected chi connectivity index (χ2v) is 8.20. The summed E-state index contributed by atoms with van der Waals surface area (Å²) in [6.07, 6.45) is 0. The van der Waals surface area contributed by atoms with Crippen LogP contribution < -0.4 is 5.32 Å². The van der Waals surface area contributed by atoms with Crippen molar-refractivity contribution in [2.45, 2.75) is 19.0 Å². The second-order valence-electron chi connectivity index (χ2n) is 7.81. The summed E-state index contributed by atoms with van der Waals surface area (Å²) in [7, 11) is 0. The van der Waals surface area contributed by atoms with Crippen molar-refractivity contribution in [1.82, 2.24) is 15.1 Å². The van der Waals surface area contributed by atoms with Crippen LogP contribution in [0.4, 0.5) is 0 Å². The fourth-order valence-electron chi connectivity index (χ4n) is 4.12. The lowest BCUT2D eigenvalue weighted by Crippen LogP contribution is -2.52. The molecule has 1 atom stereocenters. The van der Waals surface area contributed by atoms with Gasteiger partial charge in [-0.2, -0.15) is 0 Å². The number of benzene rings is 3. The molecule has 1 saturated heterocycles. The van der Waals surface area contributed by atoms with E-state index in [1.807, 2.05) is 0 Å². The Morgan fingerprint density at radius 2 is 1.13 bits per heavy atom. The fraction of sp³-hybridized carbons (Fsp3) is 0.269. The van der Waals surface area contributed by atoms with Gasteiger partial charge >= 0.3 is 0 Å². The molecule has 0 saturated carbocycles. The molecule has 3 aromatic rings. The minimum Gasteiger partial charge on any atom is -0.352 e. The monoisotopic (exact) mass is 415 g/mol. The Morgan fingerprint density at radius 3 is 1.60 bits per heavy atom. The normalized spacial score (nSPS) is 15.7. The molecule has 3 nitrogen and oxygen atoms in total. The maximum Gasteiger partial charge on any atom is 0.169 e. The molecule has 0 aliphatic carbocycles. The van der Waals surface area contributed by atoms with E-state index >= 15 is 0 Å². The van der Waals surface area contributed by atoms with Gasteiger partial charge in [0.1, 0.15) is 0 Å². The lowest BCUT2D eigenvalue weighted by molar-refractivity contribution is 0.140. The molecule has 1 heterocycles. The highest BCUT2D eigenvalue weighted by molar-refractivity contribution is 7.80. The summed E-state index contributed by atoms with van der Waals surface area (Å²) in [6.45, 7) is 6.21. The number of rotatable bonds is 5. The molecule has 0 amide bonds. The third kappa shape index (κ3) is 4.89. The predicted octanol–water partition coefficient (Wildman–Crippen LogP) is 5.03. The van der Waals surface area contributed by atoms with Gasteiger partial charge in [0.2, 0.25) is 0 Å². The topological polar surface area (TPSA) is 18.5 Å². The average Bonchev–Trinajstić information content (AvgIpc) is 2.83. The molecule has 0 bridgehead atoms. The van der Waals surface area contributed by atoms with Crippen molar-refractivity contribution in [2.24, 2.45) is 0 Å². The first-order valence-corrected chi connectivity index (χ1v) is 11.1. The van der Waals surface area contributed by atoms with E-state index < -0.39 is 0 Å². The van der Waals surface area contributed by atoms with Crippen LogP contribution in [-0.2, 0) is 0 Å². The lowest BCUT2D eigenvalue weighted by atomic mass is 9.99. The highest BCUT2D eigenvalue weighted by atomic mass is 32.1. The molecule has 0 spiro atoms. The van der Waals surface area contributed by atoms with E-state index in [1.54, 1.807) is 0 Å². The molecule has 154 valence electrons. The van der Waals surface area contributed by atoms with Crippen molar-refractivity contribution < 1.29 is 0 Å². The minimum absolute atomic E-state index is 0.0566. The molecule has 1 aliphatic heterocycles. The molecular formula is C26H29N3S. The van der Waals surface area contributed by atoms with Crippen molar-refractivity contribution in [2.75, 3.05) is 26.2 Å². The predicted molar refractivity (Wildman–Crippen MR) is 128 cm³/mol. The third-order valence-electron chi connectivity index (χ3n) is 5.96. The third-order valence-corrected chi connectivity index (χ3v) is 6.34. The van der Waals surface area contributed by atoms with Crippen LogP contribution in [0.15, 0.2) is 91.0 Å². The quantitative estimate of drug-likeness (QED) is 0.589. The number of piperazine rings is 1. The number of hydrogen-bond donors (Lipinski definition) is 1. The maximum absolute atomic E-state index is 5.84. The smallest absolute Gasteiger partial charge is 0.169 e. The first-order valence-electron chi connectivity index (χ1n) is 10.7. The molecule has 1 unspecified atom stereocenters. The largest absolute Gasteiger partial charge is 0.352 e. The van der Waals surface area contributed by atoms with Gasteiger partial charge in [0.25, 0.3) is 0 Å². The highest BCUT2D eigenvalue weighted by Crippen LogP contribution is 2.24. The number of thiocarbonyl (C=S) groups is 1. The first kappa shape index (κ1) is 20.6. The van der Waals surface area contributed by atoms with Gasteiger partial charge in [0.15, 0.2) is 5.11 Å².